The summed E-state index contributed by atoms with van der Waals surface area (Å²) < 4.78 is 0. The molecule has 0 bridgehead atoms. The number of hydrogen-bond donors (Lipinski definition) is 3. The molecule has 0 spiro atoms. The van der Waals surface area contributed by atoms with E-state index in [0.717, 1.165) is 24.1 Å². The average Bonchev–Trinajstić information content (AvgIpc) is 3.19. The second-order valence-corrected chi connectivity index (χ2v) is 5.40. The lowest BCUT2D eigenvalue weighted by molar-refractivity contribution is -0.122. The van der Waals surface area contributed by atoms with Crippen molar-refractivity contribution >= 4 is 40.4 Å². The minimum Gasteiger partial charge on any atom is -0.389 e. The van der Waals surface area contributed by atoms with Crippen molar-refractivity contribution in [2.45, 2.75) is 12.8 Å². The molecule has 1 fully saturated rings. The van der Waals surface area contributed by atoms with Crippen molar-refractivity contribution in [1.82, 2.24) is 5.32 Å². The molecule has 1 aliphatic rings. The van der Waals surface area contributed by atoms with Crippen LogP contribution in [-0.4, -0.2) is 24.0 Å². The Morgan fingerprint density at radius 3 is 2.74 bits per heavy atom. The van der Waals surface area contributed by atoms with Crippen LogP contribution in [0.1, 0.15) is 18.4 Å². The summed E-state index contributed by atoms with van der Waals surface area (Å²) in [6, 6.07) is 5.38. The maximum atomic E-state index is 11.4. The van der Waals surface area contributed by atoms with Crippen LogP contribution in [0.4, 0.5) is 5.69 Å². The molecular weight excluding hydrogens is 282 g/mol. The molecule has 4 nitrogen and oxygen atoms in total. The Hall–Kier alpha value is -1.33. The number of hydrogen-bond acceptors (Lipinski definition) is 3. The minimum absolute atomic E-state index is 0.150. The number of rotatable bonds is 6. The van der Waals surface area contributed by atoms with Gasteiger partial charge in [0.15, 0.2) is 0 Å². The Morgan fingerprint density at radius 2 is 2.16 bits per heavy atom. The molecule has 0 aromatic heterocycles. The zero-order valence-corrected chi connectivity index (χ0v) is 12.0. The van der Waals surface area contributed by atoms with Gasteiger partial charge in [-0.3, -0.25) is 4.79 Å². The molecule has 0 atom stereocenters. The second-order valence-electron chi connectivity index (χ2n) is 4.55. The zero-order chi connectivity index (χ0) is 13.8. The van der Waals surface area contributed by atoms with Gasteiger partial charge in [0.1, 0.15) is 4.99 Å². The summed E-state index contributed by atoms with van der Waals surface area (Å²) in [5, 5.41) is 6.61. The summed E-state index contributed by atoms with van der Waals surface area (Å²) in [5.41, 5.74) is 7.08. The quantitative estimate of drug-likeness (QED) is 0.554. The van der Waals surface area contributed by atoms with E-state index in [1.807, 2.05) is 12.1 Å². The lowest BCUT2D eigenvalue weighted by Crippen LogP contribution is -2.29. The molecule has 1 aliphatic carbocycles. The van der Waals surface area contributed by atoms with E-state index in [1.54, 1.807) is 6.07 Å². The summed E-state index contributed by atoms with van der Waals surface area (Å²) in [4.78, 5) is 11.7. The lowest BCUT2D eigenvalue weighted by Gasteiger charge is -2.10. The molecule has 1 aromatic rings. The van der Waals surface area contributed by atoms with Crippen LogP contribution in [0.3, 0.4) is 0 Å². The molecule has 1 saturated carbocycles. The van der Waals surface area contributed by atoms with Crippen molar-refractivity contribution in [3.63, 3.8) is 0 Å². The molecule has 0 aliphatic heterocycles. The first kappa shape index (κ1) is 14.1. The normalized spacial score (nSPS) is 13.9. The molecule has 0 saturated heterocycles. The minimum atomic E-state index is 0.150. The smallest absolute Gasteiger partial charge is 0.223 e. The number of amides is 1. The Balaban J connectivity index is 1.79. The van der Waals surface area contributed by atoms with Crippen LogP contribution in [0.25, 0.3) is 0 Å². The van der Waals surface area contributed by atoms with E-state index >= 15 is 0 Å². The first-order chi connectivity index (χ1) is 9.08. The Labute approximate surface area is 122 Å². The van der Waals surface area contributed by atoms with Crippen molar-refractivity contribution < 1.29 is 4.79 Å². The number of nitrogens with one attached hydrogen (secondary N) is 2. The van der Waals surface area contributed by atoms with E-state index in [4.69, 9.17) is 29.6 Å². The van der Waals surface area contributed by atoms with E-state index in [0.29, 0.717) is 23.1 Å². The van der Waals surface area contributed by atoms with E-state index in [1.165, 1.54) is 0 Å². The third-order valence-electron chi connectivity index (χ3n) is 2.94. The van der Waals surface area contributed by atoms with Crippen molar-refractivity contribution in [3.05, 3.63) is 28.8 Å². The van der Waals surface area contributed by atoms with Crippen LogP contribution in [-0.2, 0) is 4.79 Å². The van der Waals surface area contributed by atoms with Gasteiger partial charge in [0.2, 0.25) is 5.91 Å². The maximum Gasteiger partial charge on any atom is 0.223 e. The van der Waals surface area contributed by atoms with Crippen LogP contribution in [0.2, 0.25) is 5.02 Å². The fourth-order valence-corrected chi connectivity index (χ4v) is 2.06. The van der Waals surface area contributed by atoms with Crippen LogP contribution in [0, 0.1) is 5.92 Å². The average molecular weight is 298 g/mol. The summed E-state index contributed by atoms with van der Waals surface area (Å²) >= 11 is 11.0. The summed E-state index contributed by atoms with van der Waals surface area (Å²) in [7, 11) is 0. The first-order valence-corrected chi connectivity index (χ1v) is 6.97. The van der Waals surface area contributed by atoms with Gasteiger partial charge in [0.05, 0.1) is 10.7 Å². The summed E-state index contributed by atoms with van der Waals surface area (Å²) in [6.45, 7) is 1.22. The number of thiocarbonyl (C=S) groups is 1. The monoisotopic (exact) mass is 297 g/mol. The van der Waals surface area contributed by atoms with E-state index in [2.05, 4.69) is 10.6 Å². The third kappa shape index (κ3) is 4.08. The van der Waals surface area contributed by atoms with Crippen LogP contribution < -0.4 is 16.4 Å². The molecule has 102 valence electrons. The van der Waals surface area contributed by atoms with Crippen LogP contribution in [0.15, 0.2) is 18.2 Å². The van der Waals surface area contributed by atoms with Gasteiger partial charge in [0.25, 0.3) is 0 Å². The van der Waals surface area contributed by atoms with Gasteiger partial charge in [-0.2, -0.15) is 0 Å². The predicted octanol–water partition coefficient (Wildman–Crippen LogP) is 1.91. The van der Waals surface area contributed by atoms with Crippen molar-refractivity contribution in [2.24, 2.45) is 11.7 Å². The van der Waals surface area contributed by atoms with Crippen LogP contribution in [0.5, 0.6) is 0 Å². The van der Waals surface area contributed by atoms with Gasteiger partial charge in [-0.15, -0.1) is 0 Å². The van der Waals surface area contributed by atoms with Crippen LogP contribution >= 0.6 is 23.8 Å². The highest BCUT2D eigenvalue weighted by Gasteiger charge is 2.28. The molecule has 2 rings (SSSR count). The molecule has 19 heavy (non-hydrogen) atoms. The van der Waals surface area contributed by atoms with Gasteiger partial charge < -0.3 is 16.4 Å². The molecule has 1 aromatic carbocycles. The highest BCUT2D eigenvalue weighted by atomic mass is 35.5. The molecule has 1 amide bonds. The molecule has 6 heteroatoms. The number of carbonyl (C=O) groups is 1. The van der Waals surface area contributed by atoms with Gasteiger partial charge in [0, 0.05) is 24.6 Å². The molecule has 0 radical (unpaired) electrons. The molecular formula is C13H16ClN3OS. The standard InChI is InChI=1S/C13H16ClN3OS/c14-10-7-9(12(15)19)3-4-11(10)16-5-6-17-13(18)8-1-2-8/h3-4,7-8,16H,1-2,5-6H2,(H2,15,19)(H,17,18). The molecule has 0 unspecified atom stereocenters. The SMILES string of the molecule is NC(=S)c1ccc(NCCNC(=O)C2CC2)c(Cl)c1. The maximum absolute atomic E-state index is 11.4. The number of halogens is 1. The van der Waals surface area contributed by atoms with Gasteiger partial charge in [-0.05, 0) is 31.0 Å². The largest absolute Gasteiger partial charge is 0.389 e. The molecule has 4 N–H and O–H groups in total. The van der Waals surface area contributed by atoms with Gasteiger partial charge >= 0.3 is 0 Å². The number of anilines is 1. The summed E-state index contributed by atoms with van der Waals surface area (Å²) in [5.74, 6) is 0.394. The fourth-order valence-electron chi connectivity index (χ4n) is 1.68. The number of carbonyl (C=O) groups excluding carboxylic acids is 1. The Morgan fingerprint density at radius 1 is 1.42 bits per heavy atom. The second kappa shape index (κ2) is 6.21. The predicted molar refractivity (Wildman–Crippen MR) is 81.6 cm³/mol. The third-order valence-corrected chi connectivity index (χ3v) is 3.49. The first-order valence-electron chi connectivity index (χ1n) is 6.19. The number of benzene rings is 1. The van der Waals surface area contributed by atoms with Crippen molar-refractivity contribution in [1.29, 1.82) is 0 Å². The Bertz CT molecular complexity index is 503. The van der Waals surface area contributed by atoms with Crippen molar-refractivity contribution in [2.75, 3.05) is 18.4 Å². The number of nitrogens with two attached hydrogens (primary N) is 1. The highest BCUT2D eigenvalue weighted by Crippen LogP contribution is 2.28. The highest BCUT2D eigenvalue weighted by molar-refractivity contribution is 7.80. The van der Waals surface area contributed by atoms with Gasteiger partial charge in [-0.1, -0.05) is 23.8 Å². The zero-order valence-electron chi connectivity index (χ0n) is 10.4. The summed E-state index contributed by atoms with van der Waals surface area (Å²) in [6.07, 6.45) is 2.04. The van der Waals surface area contributed by atoms with Gasteiger partial charge in [-0.25, -0.2) is 0 Å². The Kier molecular flexibility index (Phi) is 4.61. The molecule has 0 heterocycles. The van der Waals surface area contributed by atoms with E-state index in [9.17, 15) is 4.79 Å². The van der Waals surface area contributed by atoms with E-state index in [-0.39, 0.29) is 11.8 Å². The lowest BCUT2D eigenvalue weighted by atomic mass is 10.2. The van der Waals surface area contributed by atoms with Crippen molar-refractivity contribution in [3.8, 4) is 0 Å². The topological polar surface area (TPSA) is 67.2 Å². The fraction of sp³-hybridized carbons (Fsp3) is 0.385. The van der Waals surface area contributed by atoms with E-state index < -0.39 is 0 Å².